The summed E-state index contributed by atoms with van der Waals surface area (Å²) in [5, 5.41) is 8.76. The Morgan fingerprint density at radius 3 is 2.62 bits per heavy atom. The van der Waals surface area contributed by atoms with Crippen LogP contribution in [0, 0.1) is 5.92 Å². The quantitative estimate of drug-likeness (QED) is 0.785. The lowest BCUT2D eigenvalue weighted by atomic mass is 9.93. The third-order valence-corrected chi connectivity index (χ3v) is 3.85. The van der Waals surface area contributed by atoms with E-state index in [1.165, 1.54) is 19.3 Å². The maximum Gasteiger partial charge on any atom is 0.303 e. The molecule has 1 rings (SSSR count). The van der Waals surface area contributed by atoms with Gasteiger partial charge in [0, 0.05) is 18.5 Å². The van der Waals surface area contributed by atoms with Crippen LogP contribution in [0.4, 0.5) is 0 Å². The van der Waals surface area contributed by atoms with Gasteiger partial charge in [-0.05, 0) is 38.6 Å². The summed E-state index contributed by atoms with van der Waals surface area (Å²) >= 11 is 0. The van der Waals surface area contributed by atoms with E-state index in [0.717, 1.165) is 13.0 Å². The van der Waals surface area contributed by atoms with E-state index in [0.29, 0.717) is 24.4 Å². The van der Waals surface area contributed by atoms with Crippen molar-refractivity contribution < 1.29 is 9.90 Å². The molecule has 1 saturated heterocycles. The highest BCUT2D eigenvalue weighted by atomic mass is 16.4. The SMILES string of the molecule is CC(C)C(C)N1CCCCC1CCC(=O)O. The molecule has 3 heteroatoms. The van der Waals surface area contributed by atoms with E-state index >= 15 is 0 Å². The predicted molar refractivity (Wildman–Crippen MR) is 65.5 cm³/mol. The molecule has 0 radical (unpaired) electrons. The monoisotopic (exact) mass is 227 g/mol. The van der Waals surface area contributed by atoms with Crippen LogP contribution in [0.15, 0.2) is 0 Å². The number of likely N-dealkylation sites (tertiary alicyclic amines) is 1. The molecule has 0 aromatic heterocycles. The van der Waals surface area contributed by atoms with Crippen LogP contribution >= 0.6 is 0 Å². The Balaban J connectivity index is 2.53. The fourth-order valence-electron chi connectivity index (χ4n) is 2.54. The molecule has 16 heavy (non-hydrogen) atoms. The van der Waals surface area contributed by atoms with E-state index in [1.54, 1.807) is 0 Å². The molecule has 0 aromatic rings. The topological polar surface area (TPSA) is 40.5 Å². The maximum atomic E-state index is 10.6. The number of aliphatic carboxylic acids is 1. The molecule has 2 unspecified atom stereocenters. The molecule has 0 aliphatic carbocycles. The molecule has 0 amide bonds. The summed E-state index contributed by atoms with van der Waals surface area (Å²) < 4.78 is 0. The lowest BCUT2D eigenvalue weighted by molar-refractivity contribution is -0.137. The van der Waals surface area contributed by atoms with Gasteiger partial charge in [-0.1, -0.05) is 20.3 Å². The minimum absolute atomic E-state index is 0.311. The number of nitrogens with zero attached hydrogens (tertiary/aromatic N) is 1. The number of hydrogen-bond acceptors (Lipinski definition) is 2. The van der Waals surface area contributed by atoms with Crippen molar-refractivity contribution in [1.29, 1.82) is 0 Å². The van der Waals surface area contributed by atoms with E-state index < -0.39 is 5.97 Å². The van der Waals surface area contributed by atoms with Crippen molar-refractivity contribution in [2.24, 2.45) is 5.92 Å². The van der Waals surface area contributed by atoms with E-state index in [1.807, 2.05) is 0 Å². The zero-order chi connectivity index (χ0) is 12.1. The summed E-state index contributed by atoms with van der Waals surface area (Å²) in [4.78, 5) is 13.2. The molecule has 1 heterocycles. The van der Waals surface area contributed by atoms with Crippen molar-refractivity contribution in [2.75, 3.05) is 6.54 Å². The molecule has 0 saturated carbocycles. The van der Waals surface area contributed by atoms with E-state index in [9.17, 15) is 4.79 Å². The first-order chi connectivity index (χ1) is 7.52. The van der Waals surface area contributed by atoms with Crippen LogP contribution in [0.2, 0.25) is 0 Å². The van der Waals surface area contributed by atoms with Crippen LogP contribution in [0.3, 0.4) is 0 Å². The first-order valence-corrected chi connectivity index (χ1v) is 6.50. The van der Waals surface area contributed by atoms with Crippen LogP contribution in [-0.4, -0.2) is 34.6 Å². The van der Waals surface area contributed by atoms with Gasteiger partial charge in [0.25, 0.3) is 0 Å². The molecule has 94 valence electrons. The molecule has 1 N–H and O–H groups in total. The molecule has 1 aliphatic heterocycles. The van der Waals surface area contributed by atoms with E-state index in [-0.39, 0.29) is 0 Å². The van der Waals surface area contributed by atoms with Crippen molar-refractivity contribution in [3.8, 4) is 0 Å². The lowest BCUT2D eigenvalue weighted by Gasteiger charge is -2.41. The summed E-state index contributed by atoms with van der Waals surface area (Å²) in [7, 11) is 0. The summed E-state index contributed by atoms with van der Waals surface area (Å²) in [6.07, 6.45) is 4.81. The zero-order valence-electron chi connectivity index (χ0n) is 10.8. The third-order valence-electron chi connectivity index (χ3n) is 3.85. The van der Waals surface area contributed by atoms with Gasteiger partial charge in [-0.2, -0.15) is 0 Å². The summed E-state index contributed by atoms with van der Waals surface area (Å²) in [6.45, 7) is 7.90. The highest BCUT2D eigenvalue weighted by Gasteiger charge is 2.27. The Labute approximate surface area is 98.8 Å². The standard InChI is InChI=1S/C13H25NO2/c1-10(2)11(3)14-9-5-4-6-12(14)7-8-13(15)16/h10-12H,4-9H2,1-3H3,(H,15,16). The Kier molecular flexibility index (Phi) is 5.26. The second kappa shape index (κ2) is 6.24. The van der Waals surface area contributed by atoms with E-state index in [2.05, 4.69) is 25.7 Å². The average molecular weight is 227 g/mol. The number of carboxylic acids is 1. The predicted octanol–water partition coefficient (Wildman–Crippen LogP) is 2.75. The van der Waals surface area contributed by atoms with Gasteiger partial charge >= 0.3 is 5.97 Å². The average Bonchev–Trinajstić information content (AvgIpc) is 2.25. The van der Waals surface area contributed by atoms with Gasteiger partial charge in [0.15, 0.2) is 0 Å². The van der Waals surface area contributed by atoms with Gasteiger partial charge in [-0.25, -0.2) is 0 Å². The summed E-state index contributed by atoms with van der Waals surface area (Å²) in [5.41, 5.74) is 0. The Bertz CT molecular complexity index is 228. The first-order valence-electron chi connectivity index (χ1n) is 6.50. The van der Waals surface area contributed by atoms with Crippen LogP contribution in [0.5, 0.6) is 0 Å². The number of hydrogen-bond donors (Lipinski definition) is 1. The molecular weight excluding hydrogens is 202 g/mol. The third kappa shape index (κ3) is 3.78. The van der Waals surface area contributed by atoms with Crippen LogP contribution in [-0.2, 0) is 4.79 Å². The highest BCUT2D eigenvalue weighted by molar-refractivity contribution is 5.66. The minimum atomic E-state index is -0.664. The highest BCUT2D eigenvalue weighted by Crippen LogP contribution is 2.25. The summed E-state index contributed by atoms with van der Waals surface area (Å²) in [5.74, 6) is -0.0202. The molecule has 0 aromatic carbocycles. The van der Waals surface area contributed by atoms with Crippen LogP contribution in [0.25, 0.3) is 0 Å². The largest absolute Gasteiger partial charge is 0.481 e. The van der Waals surface area contributed by atoms with Gasteiger partial charge in [0.05, 0.1) is 0 Å². The smallest absolute Gasteiger partial charge is 0.303 e. The summed E-state index contributed by atoms with van der Waals surface area (Å²) in [6, 6.07) is 1.06. The molecule has 3 nitrogen and oxygen atoms in total. The molecular formula is C13H25NO2. The molecule has 2 atom stereocenters. The van der Waals surface area contributed by atoms with Gasteiger partial charge in [-0.3, -0.25) is 9.69 Å². The Morgan fingerprint density at radius 2 is 2.06 bits per heavy atom. The second-order valence-electron chi connectivity index (χ2n) is 5.30. The molecule has 0 bridgehead atoms. The van der Waals surface area contributed by atoms with Crippen molar-refractivity contribution >= 4 is 5.97 Å². The van der Waals surface area contributed by atoms with Crippen molar-refractivity contribution in [1.82, 2.24) is 4.90 Å². The minimum Gasteiger partial charge on any atom is -0.481 e. The van der Waals surface area contributed by atoms with E-state index in [4.69, 9.17) is 5.11 Å². The molecule has 1 fully saturated rings. The van der Waals surface area contributed by atoms with Crippen molar-refractivity contribution in [3.05, 3.63) is 0 Å². The van der Waals surface area contributed by atoms with Gasteiger partial charge in [0.2, 0.25) is 0 Å². The van der Waals surface area contributed by atoms with Crippen LogP contribution < -0.4 is 0 Å². The zero-order valence-corrected chi connectivity index (χ0v) is 10.8. The Hall–Kier alpha value is -0.570. The number of carbonyl (C=O) groups is 1. The number of piperidine rings is 1. The second-order valence-corrected chi connectivity index (χ2v) is 5.30. The van der Waals surface area contributed by atoms with Gasteiger partial charge in [-0.15, -0.1) is 0 Å². The maximum absolute atomic E-state index is 10.6. The van der Waals surface area contributed by atoms with Crippen molar-refractivity contribution in [2.45, 2.75) is 65.0 Å². The fourth-order valence-corrected chi connectivity index (χ4v) is 2.54. The van der Waals surface area contributed by atoms with Gasteiger partial charge in [0.1, 0.15) is 0 Å². The lowest BCUT2D eigenvalue weighted by Crippen LogP contribution is -2.47. The first kappa shape index (κ1) is 13.5. The van der Waals surface area contributed by atoms with Crippen LogP contribution in [0.1, 0.15) is 52.9 Å². The fraction of sp³-hybridized carbons (Fsp3) is 0.923. The number of carboxylic acid groups (broad SMARTS) is 1. The Morgan fingerprint density at radius 1 is 1.38 bits per heavy atom. The molecule has 0 spiro atoms. The normalized spacial score (nSPS) is 24.6. The number of rotatable bonds is 5. The van der Waals surface area contributed by atoms with Crippen molar-refractivity contribution in [3.63, 3.8) is 0 Å². The molecule has 1 aliphatic rings. The van der Waals surface area contributed by atoms with Gasteiger partial charge < -0.3 is 5.11 Å².